The third-order valence-corrected chi connectivity index (χ3v) is 5.41. The number of fused-ring (bicyclic) bond motifs is 1. The number of carbonyl (C=O) groups excluding carboxylic acids is 1. The van der Waals surface area contributed by atoms with Gasteiger partial charge < -0.3 is 19.4 Å². The summed E-state index contributed by atoms with van der Waals surface area (Å²) in [6.07, 6.45) is 4.69. The van der Waals surface area contributed by atoms with Crippen LogP contribution in [0.4, 0.5) is 0 Å². The molecule has 158 valence electrons. The number of nitrogens with zero attached hydrogens (tertiary/aromatic N) is 3. The van der Waals surface area contributed by atoms with Crippen LogP contribution in [0.15, 0.2) is 48.8 Å². The molecule has 1 N–H and O–H groups in total. The molecule has 1 fully saturated rings. The number of methoxy groups -OCH3 is 1. The highest BCUT2D eigenvalue weighted by Crippen LogP contribution is 2.29. The van der Waals surface area contributed by atoms with Gasteiger partial charge in [0.2, 0.25) is 5.91 Å². The number of amides is 1. The Bertz CT molecular complexity index is 995. The first kappa shape index (κ1) is 20.4. The average molecular weight is 409 g/mol. The summed E-state index contributed by atoms with van der Waals surface area (Å²) in [6, 6.07) is 11.8. The lowest BCUT2D eigenvalue weighted by Crippen LogP contribution is -2.38. The third-order valence-electron chi connectivity index (χ3n) is 5.41. The van der Waals surface area contributed by atoms with Crippen LogP contribution in [-0.4, -0.2) is 66.9 Å². The van der Waals surface area contributed by atoms with Gasteiger partial charge in [-0.3, -0.25) is 14.7 Å². The van der Waals surface area contributed by atoms with Crippen molar-refractivity contribution in [3.05, 3.63) is 48.8 Å². The van der Waals surface area contributed by atoms with E-state index in [-0.39, 0.29) is 12.5 Å². The molecule has 1 saturated heterocycles. The minimum absolute atomic E-state index is 0.00919. The van der Waals surface area contributed by atoms with Crippen molar-refractivity contribution in [2.75, 3.05) is 46.5 Å². The van der Waals surface area contributed by atoms with Crippen LogP contribution in [0, 0.1) is 0 Å². The molecule has 0 bridgehead atoms. The molecule has 1 aliphatic rings. The number of hydrogen-bond acceptors (Lipinski definition) is 5. The monoisotopic (exact) mass is 408 g/mol. The van der Waals surface area contributed by atoms with Gasteiger partial charge in [0.05, 0.1) is 31.5 Å². The largest absolute Gasteiger partial charge is 0.497 e. The molecule has 2 aromatic heterocycles. The molecule has 0 spiro atoms. The van der Waals surface area contributed by atoms with E-state index in [2.05, 4.69) is 15.2 Å². The normalized spacial score (nSPS) is 14.7. The lowest BCUT2D eigenvalue weighted by Gasteiger charge is -2.26. The zero-order valence-electron chi connectivity index (χ0n) is 17.3. The van der Waals surface area contributed by atoms with Crippen molar-refractivity contribution in [1.82, 2.24) is 19.8 Å². The number of aromatic nitrogens is 2. The Labute approximate surface area is 176 Å². The number of hydrogen-bond donors (Lipinski definition) is 1. The molecule has 0 unspecified atom stereocenters. The highest BCUT2D eigenvalue weighted by Gasteiger charge is 2.13. The maximum atomic E-state index is 12.5. The highest BCUT2D eigenvalue weighted by molar-refractivity contribution is 5.93. The minimum Gasteiger partial charge on any atom is -0.497 e. The first-order valence-electron chi connectivity index (χ1n) is 10.4. The van der Waals surface area contributed by atoms with Crippen molar-refractivity contribution in [2.24, 2.45) is 0 Å². The van der Waals surface area contributed by atoms with Gasteiger partial charge in [0.1, 0.15) is 12.3 Å². The zero-order chi connectivity index (χ0) is 20.8. The maximum absolute atomic E-state index is 12.5. The summed E-state index contributed by atoms with van der Waals surface area (Å²) in [6.45, 7) is 5.49. The van der Waals surface area contributed by atoms with Crippen molar-refractivity contribution in [3.8, 4) is 17.0 Å². The molecule has 3 aromatic rings. The van der Waals surface area contributed by atoms with Crippen LogP contribution in [-0.2, 0) is 16.1 Å². The summed E-state index contributed by atoms with van der Waals surface area (Å²) in [5, 5.41) is 4.10. The molecule has 0 atom stereocenters. The number of pyridine rings is 1. The van der Waals surface area contributed by atoms with Gasteiger partial charge in [0.15, 0.2) is 0 Å². The molecule has 0 saturated carbocycles. The molecule has 30 heavy (non-hydrogen) atoms. The minimum atomic E-state index is 0.00919. The van der Waals surface area contributed by atoms with E-state index in [1.54, 1.807) is 13.3 Å². The fraction of sp³-hybridized carbons (Fsp3) is 0.391. The zero-order valence-corrected chi connectivity index (χ0v) is 17.3. The average Bonchev–Trinajstić information content (AvgIpc) is 3.20. The summed E-state index contributed by atoms with van der Waals surface area (Å²) in [7, 11) is 1.65. The fourth-order valence-corrected chi connectivity index (χ4v) is 3.83. The molecule has 4 rings (SSSR count). The lowest BCUT2D eigenvalue weighted by molar-refractivity contribution is -0.121. The number of nitrogens with one attached hydrogen (secondary N) is 1. The molecule has 1 amide bonds. The van der Waals surface area contributed by atoms with Crippen molar-refractivity contribution in [2.45, 2.75) is 13.0 Å². The molecule has 3 heterocycles. The van der Waals surface area contributed by atoms with Gasteiger partial charge in [0, 0.05) is 43.0 Å². The molecule has 0 aliphatic carbocycles. The van der Waals surface area contributed by atoms with Crippen LogP contribution in [0.1, 0.15) is 6.42 Å². The number of rotatable bonds is 8. The Hall–Kier alpha value is -2.90. The number of carbonyl (C=O) groups is 1. The Kier molecular flexibility index (Phi) is 6.61. The van der Waals surface area contributed by atoms with E-state index >= 15 is 0 Å². The smallest absolute Gasteiger partial charge is 0.239 e. The van der Waals surface area contributed by atoms with E-state index in [0.717, 1.165) is 67.2 Å². The summed E-state index contributed by atoms with van der Waals surface area (Å²) >= 11 is 0. The topological polar surface area (TPSA) is 68.6 Å². The number of morpholine rings is 1. The quantitative estimate of drug-likeness (QED) is 0.580. The SMILES string of the molecule is COc1cccc(-c2nccc3ccn(CC(=O)NCCCN4CCOCC4)c23)c1. The van der Waals surface area contributed by atoms with E-state index in [1.165, 1.54) is 0 Å². The first-order valence-corrected chi connectivity index (χ1v) is 10.4. The molecule has 7 heteroatoms. The van der Waals surface area contributed by atoms with Crippen molar-refractivity contribution < 1.29 is 14.3 Å². The Morgan fingerprint density at radius 3 is 2.93 bits per heavy atom. The van der Waals surface area contributed by atoms with Gasteiger partial charge in [-0.05, 0) is 37.2 Å². The van der Waals surface area contributed by atoms with Crippen LogP contribution in [0.3, 0.4) is 0 Å². The van der Waals surface area contributed by atoms with Crippen LogP contribution < -0.4 is 10.1 Å². The summed E-state index contributed by atoms with van der Waals surface area (Å²) in [5.74, 6) is 0.789. The van der Waals surface area contributed by atoms with Gasteiger partial charge in [-0.15, -0.1) is 0 Å². The molecule has 1 aromatic carbocycles. The van der Waals surface area contributed by atoms with Gasteiger partial charge in [-0.2, -0.15) is 0 Å². The van der Waals surface area contributed by atoms with Crippen molar-refractivity contribution >= 4 is 16.8 Å². The van der Waals surface area contributed by atoms with Crippen molar-refractivity contribution in [1.29, 1.82) is 0 Å². The van der Waals surface area contributed by atoms with E-state index in [1.807, 2.05) is 47.2 Å². The fourth-order valence-electron chi connectivity index (χ4n) is 3.83. The predicted octanol–water partition coefficient (Wildman–Crippen LogP) is 2.55. The first-order chi connectivity index (χ1) is 14.7. The van der Waals surface area contributed by atoms with E-state index in [0.29, 0.717) is 6.54 Å². The van der Waals surface area contributed by atoms with Crippen molar-refractivity contribution in [3.63, 3.8) is 0 Å². The molecule has 7 nitrogen and oxygen atoms in total. The van der Waals surface area contributed by atoms with Gasteiger partial charge in [-0.25, -0.2) is 0 Å². The van der Waals surface area contributed by atoms with Crippen LogP contribution >= 0.6 is 0 Å². The Morgan fingerprint density at radius 1 is 1.23 bits per heavy atom. The predicted molar refractivity (Wildman–Crippen MR) is 117 cm³/mol. The standard InChI is InChI=1S/C23H28N4O3/c1-29-20-5-2-4-19(16-20)22-23-18(6-9-25-22)7-11-27(23)17-21(28)24-8-3-10-26-12-14-30-15-13-26/h2,4-7,9,11,16H,3,8,10,12-15,17H2,1H3,(H,24,28). The Morgan fingerprint density at radius 2 is 2.10 bits per heavy atom. The number of ether oxygens (including phenoxy) is 2. The second-order valence-corrected chi connectivity index (χ2v) is 7.43. The molecular weight excluding hydrogens is 380 g/mol. The maximum Gasteiger partial charge on any atom is 0.239 e. The van der Waals surface area contributed by atoms with Gasteiger partial charge in [-0.1, -0.05) is 12.1 Å². The Balaban J connectivity index is 1.42. The lowest BCUT2D eigenvalue weighted by atomic mass is 10.1. The highest BCUT2D eigenvalue weighted by atomic mass is 16.5. The van der Waals surface area contributed by atoms with E-state index in [9.17, 15) is 4.79 Å². The molecule has 1 aliphatic heterocycles. The van der Waals surface area contributed by atoms with E-state index < -0.39 is 0 Å². The van der Waals surface area contributed by atoms with E-state index in [4.69, 9.17) is 9.47 Å². The van der Waals surface area contributed by atoms with Gasteiger partial charge >= 0.3 is 0 Å². The second kappa shape index (κ2) is 9.73. The third kappa shape index (κ3) is 4.80. The van der Waals surface area contributed by atoms with Crippen LogP contribution in [0.5, 0.6) is 5.75 Å². The molecule has 0 radical (unpaired) electrons. The summed E-state index contributed by atoms with van der Waals surface area (Å²) in [4.78, 5) is 19.5. The van der Waals surface area contributed by atoms with Gasteiger partial charge in [0.25, 0.3) is 0 Å². The molecular formula is C23H28N4O3. The summed E-state index contributed by atoms with van der Waals surface area (Å²) in [5.41, 5.74) is 2.76. The van der Waals surface area contributed by atoms with Crippen LogP contribution in [0.2, 0.25) is 0 Å². The van der Waals surface area contributed by atoms with Crippen LogP contribution in [0.25, 0.3) is 22.2 Å². The summed E-state index contributed by atoms with van der Waals surface area (Å²) < 4.78 is 12.7. The number of benzene rings is 1. The second-order valence-electron chi connectivity index (χ2n) is 7.43.